The monoisotopic (exact) mass is 521 g/mol. The summed E-state index contributed by atoms with van der Waals surface area (Å²) in [7, 11) is 0. The number of hydrogen-bond acceptors (Lipinski definition) is 7. The van der Waals surface area contributed by atoms with Gasteiger partial charge in [-0.1, -0.05) is 32.4 Å². The molecule has 0 aliphatic carbocycles. The highest BCUT2D eigenvalue weighted by molar-refractivity contribution is 5.94. The summed E-state index contributed by atoms with van der Waals surface area (Å²) in [4.78, 5) is 53.8. The molecular formula is C24H39N7O6. The number of guanidine groups is 1. The summed E-state index contributed by atoms with van der Waals surface area (Å²) in [6, 6.07) is 1.78. The van der Waals surface area contributed by atoms with Crippen molar-refractivity contribution in [2.45, 2.75) is 70.6 Å². The highest BCUT2D eigenvalue weighted by Crippen LogP contribution is 2.12. The Hall–Kier alpha value is -3.87. The number of aliphatic imine (C=N–C) groups is 1. The van der Waals surface area contributed by atoms with Gasteiger partial charge in [0.15, 0.2) is 5.96 Å². The number of phenolic OH excluding ortho intramolecular Hbond substituents is 1. The van der Waals surface area contributed by atoms with E-state index < -0.39 is 47.9 Å². The first-order valence-corrected chi connectivity index (χ1v) is 12.1. The molecule has 1 rings (SSSR count). The number of nitrogens with one attached hydrogen (secondary N) is 3. The van der Waals surface area contributed by atoms with Crippen molar-refractivity contribution >= 4 is 29.7 Å². The molecule has 0 aliphatic rings. The van der Waals surface area contributed by atoms with Gasteiger partial charge in [-0.15, -0.1) is 0 Å². The SMILES string of the molecule is CCC(C)C(N)C(=O)NC(C)C(=O)NC(Cc1ccc(O)cc1)C(=O)NC(CCCN=C(N)N)C(=O)O. The predicted molar refractivity (Wildman–Crippen MR) is 138 cm³/mol. The lowest BCUT2D eigenvalue weighted by molar-refractivity contribution is -0.142. The van der Waals surface area contributed by atoms with Crippen LogP contribution >= 0.6 is 0 Å². The van der Waals surface area contributed by atoms with Gasteiger partial charge >= 0.3 is 5.97 Å². The minimum absolute atomic E-state index is 0.00520. The van der Waals surface area contributed by atoms with E-state index in [0.717, 1.165) is 0 Å². The number of amides is 3. The van der Waals surface area contributed by atoms with Crippen molar-refractivity contribution in [1.29, 1.82) is 0 Å². The summed E-state index contributed by atoms with van der Waals surface area (Å²) >= 11 is 0. The number of nitrogens with zero attached hydrogens (tertiary/aromatic N) is 1. The fourth-order valence-electron chi connectivity index (χ4n) is 3.29. The summed E-state index contributed by atoms with van der Waals surface area (Å²) in [5.74, 6) is -3.33. The maximum atomic E-state index is 13.1. The fraction of sp³-hybridized carbons (Fsp3) is 0.542. The molecule has 0 aliphatic heterocycles. The Morgan fingerprint density at radius 2 is 1.54 bits per heavy atom. The first-order valence-electron chi connectivity index (χ1n) is 12.1. The average molecular weight is 522 g/mol. The Kier molecular flexibility index (Phi) is 12.9. The zero-order chi connectivity index (χ0) is 28.1. The van der Waals surface area contributed by atoms with Gasteiger partial charge in [-0.3, -0.25) is 19.4 Å². The number of phenols is 1. The van der Waals surface area contributed by atoms with Crippen LogP contribution in [-0.4, -0.2) is 70.6 Å². The maximum absolute atomic E-state index is 13.1. The summed E-state index contributed by atoms with van der Waals surface area (Å²) < 4.78 is 0. The summed E-state index contributed by atoms with van der Waals surface area (Å²) in [6.45, 7) is 5.36. The van der Waals surface area contributed by atoms with Gasteiger partial charge in [0, 0.05) is 13.0 Å². The smallest absolute Gasteiger partial charge is 0.326 e. The molecule has 0 fully saturated rings. The van der Waals surface area contributed by atoms with Crippen molar-refractivity contribution < 1.29 is 29.4 Å². The number of carboxylic acids is 1. The lowest BCUT2D eigenvalue weighted by atomic mass is 9.99. The lowest BCUT2D eigenvalue weighted by Crippen LogP contribution is -2.57. The molecule has 0 heterocycles. The Bertz CT molecular complexity index is 949. The third kappa shape index (κ3) is 11.2. The zero-order valence-electron chi connectivity index (χ0n) is 21.4. The van der Waals surface area contributed by atoms with Gasteiger partial charge in [-0.2, -0.15) is 0 Å². The van der Waals surface area contributed by atoms with Crippen molar-refractivity contribution in [1.82, 2.24) is 16.0 Å². The molecule has 37 heavy (non-hydrogen) atoms. The Labute approximate surface area is 216 Å². The van der Waals surface area contributed by atoms with Crippen molar-refractivity contribution in [3.8, 4) is 5.75 Å². The van der Waals surface area contributed by atoms with E-state index in [0.29, 0.717) is 18.4 Å². The number of hydrogen-bond donors (Lipinski definition) is 8. The molecule has 206 valence electrons. The zero-order valence-corrected chi connectivity index (χ0v) is 21.4. The summed E-state index contributed by atoms with van der Waals surface area (Å²) in [6.07, 6.45) is 1.04. The third-order valence-corrected chi connectivity index (χ3v) is 5.88. The lowest BCUT2D eigenvalue weighted by Gasteiger charge is -2.24. The van der Waals surface area contributed by atoms with E-state index in [4.69, 9.17) is 17.2 Å². The van der Waals surface area contributed by atoms with Gasteiger partial charge in [0.2, 0.25) is 17.7 Å². The van der Waals surface area contributed by atoms with Crippen LogP contribution in [0.5, 0.6) is 5.75 Å². The van der Waals surface area contributed by atoms with Gasteiger partial charge < -0.3 is 43.4 Å². The molecule has 0 bridgehead atoms. The van der Waals surface area contributed by atoms with Gasteiger partial charge in [0.1, 0.15) is 23.9 Å². The van der Waals surface area contributed by atoms with Gasteiger partial charge in [0.25, 0.3) is 0 Å². The van der Waals surface area contributed by atoms with Crippen LogP contribution in [0.2, 0.25) is 0 Å². The molecule has 11 N–H and O–H groups in total. The van der Waals surface area contributed by atoms with E-state index in [9.17, 15) is 29.4 Å². The number of nitrogens with two attached hydrogens (primary N) is 3. The first-order chi connectivity index (χ1) is 17.3. The van der Waals surface area contributed by atoms with Crippen molar-refractivity contribution in [3.63, 3.8) is 0 Å². The molecular weight excluding hydrogens is 482 g/mol. The van der Waals surface area contributed by atoms with Crippen LogP contribution in [0, 0.1) is 5.92 Å². The molecule has 1 aromatic carbocycles. The molecule has 1 aromatic rings. The highest BCUT2D eigenvalue weighted by Gasteiger charge is 2.29. The van der Waals surface area contributed by atoms with Crippen molar-refractivity contribution in [2.75, 3.05) is 6.54 Å². The van der Waals surface area contributed by atoms with E-state index in [2.05, 4.69) is 20.9 Å². The third-order valence-electron chi connectivity index (χ3n) is 5.88. The standard InChI is InChI=1S/C24H39N7O6/c1-4-13(2)19(25)22(35)29-14(3)20(33)31-18(12-15-7-9-16(32)10-8-15)21(34)30-17(23(36)37)6-5-11-28-24(26)27/h7-10,13-14,17-19,32H,4-6,11-12,25H2,1-3H3,(H,29,35)(H,30,34)(H,31,33)(H,36,37)(H4,26,27,28). The van der Waals surface area contributed by atoms with Gasteiger partial charge in [-0.05, 0) is 43.4 Å². The summed E-state index contributed by atoms with van der Waals surface area (Å²) in [5.41, 5.74) is 17.1. The Morgan fingerprint density at radius 1 is 0.946 bits per heavy atom. The van der Waals surface area contributed by atoms with Crippen LogP contribution in [0.25, 0.3) is 0 Å². The minimum atomic E-state index is -1.26. The largest absolute Gasteiger partial charge is 0.508 e. The minimum Gasteiger partial charge on any atom is -0.508 e. The second-order valence-corrected chi connectivity index (χ2v) is 8.92. The number of carbonyl (C=O) groups excluding carboxylic acids is 3. The van der Waals surface area contributed by atoms with Crippen LogP contribution < -0.4 is 33.2 Å². The van der Waals surface area contributed by atoms with Crippen LogP contribution in [0.3, 0.4) is 0 Å². The van der Waals surface area contributed by atoms with Gasteiger partial charge in [0.05, 0.1) is 6.04 Å². The van der Waals surface area contributed by atoms with E-state index in [1.54, 1.807) is 12.1 Å². The van der Waals surface area contributed by atoms with Crippen LogP contribution in [0.1, 0.15) is 45.6 Å². The molecule has 0 saturated heterocycles. The number of rotatable bonds is 15. The van der Waals surface area contributed by atoms with Crippen LogP contribution in [-0.2, 0) is 25.6 Å². The Balaban J connectivity index is 2.98. The van der Waals surface area contributed by atoms with Crippen LogP contribution in [0.15, 0.2) is 29.3 Å². The molecule has 13 nitrogen and oxygen atoms in total. The first kappa shape index (κ1) is 31.2. The molecule has 0 radical (unpaired) electrons. The topological polar surface area (TPSA) is 235 Å². The van der Waals surface area contributed by atoms with Crippen molar-refractivity contribution in [2.24, 2.45) is 28.1 Å². The number of carbonyl (C=O) groups is 4. The molecule has 0 spiro atoms. The maximum Gasteiger partial charge on any atom is 0.326 e. The number of aromatic hydroxyl groups is 1. The molecule has 0 saturated carbocycles. The normalized spacial score (nSPS) is 14.8. The van der Waals surface area contributed by atoms with Gasteiger partial charge in [-0.25, -0.2) is 4.79 Å². The molecule has 0 aromatic heterocycles. The second kappa shape index (κ2) is 15.3. The molecule has 5 unspecified atom stereocenters. The van der Waals surface area contributed by atoms with E-state index in [1.807, 2.05) is 13.8 Å². The average Bonchev–Trinajstić information content (AvgIpc) is 2.84. The number of carboxylic acid groups (broad SMARTS) is 1. The molecule has 5 atom stereocenters. The molecule has 3 amide bonds. The fourth-order valence-corrected chi connectivity index (χ4v) is 3.29. The molecule has 13 heteroatoms. The second-order valence-electron chi connectivity index (χ2n) is 8.92. The van der Waals surface area contributed by atoms with Crippen molar-refractivity contribution in [3.05, 3.63) is 29.8 Å². The number of benzene rings is 1. The van der Waals surface area contributed by atoms with E-state index in [-0.39, 0.29) is 37.0 Å². The highest BCUT2D eigenvalue weighted by atomic mass is 16.4. The van der Waals surface area contributed by atoms with Crippen LogP contribution in [0.4, 0.5) is 0 Å². The predicted octanol–water partition coefficient (Wildman–Crippen LogP) is -1.08. The number of aliphatic carboxylic acids is 1. The summed E-state index contributed by atoms with van der Waals surface area (Å²) in [5, 5.41) is 26.6. The van der Waals surface area contributed by atoms with E-state index >= 15 is 0 Å². The Morgan fingerprint density at radius 3 is 2.08 bits per heavy atom. The quantitative estimate of drug-likeness (QED) is 0.0794. The van der Waals surface area contributed by atoms with E-state index in [1.165, 1.54) is 19.1 Å².